The van der Waals surface area contributed by atoms with Gasteiger partial charge in [0.1, 0.15) is 18.1 Å². The minimum Gasteiger partial charge on any atom is -0.494 e. The molecule has 1 aliphatic rings. The second-order valence-electron chi connectivity index (χ2n) is 4.62. The van der Waals surface area contributed by atoms with Gasteiger partial charge in [-0.05, 0) is 42.2 Å². The first kappa shape index (κ1) is 13.8. The van der Waals surface area contributed by atoms with Crippen LogP contribution in [0.1, 0.15) is 29.4 Å². The molecule has 2 heterocycles. The lowest BCUT2D eigenvalue weighted by Gasteiger charge is -2.19. The number of benzene rings is 1. The van der Waals surface area contributed by atoms with E-state index in [1.165, 1.54) is 11.5 Å². The molecular weight excluding hydrogens is 288 g/mol. The predicted octanol–water partition coefficient (Wildman–Crippen LogP) is 2.99. The summed E-state index contributed by atoms with van der Waals surface area (Å²) in [5.74, 6) is 1.23. The van der Waals surface area contributed by atoms with Crippen LogP contribution >= 0.6 is 11.5 Å². The van der Waals surface area contributed by atoms with E-state index in [0.29, 0.717) is 34.9 Å². The fourth-order valence-corrected chi connectivity index (χ4v) is 2.45. The fraction of sp³-hybridized carbons (Fsp3) is 0.267. The molecule has 0 fully saturated rings. The summed E-state index contributed by atoms with van der Waals surface area (Å²) in [7, 11) is 0. The zero-order chi connectivity index (χ0) is 14.7. The number of ketones is 1. The van der Waals surface area contributed by atoms with Crippen molar-refractivity contribution < 1.29 is 14.3 Å². The first-order valence-corrected chi connectivity index (χ1v) is 7.53. The summed E-state index contributed by atoms with van der Waals surface area (Å²) in [6.45, 7) is 2.91. The van der Waals surface area contributed by atoms with Crippen molar-refractivity contribution in [3.63, 3.8) is 0 Å². The lowest BCUT2D eigenvalue weighted by atomic mass is 9.99. The van der Waals surface area contributed by atoms with E-state index in [2.05, 4.69) is 9.59 Å². The summed E-state index contributed by atoms with van der Waals surface area (Å²) in [6.07, 6.45) is 2.64. The quantitative estimate of drug-likeness (QED) is 0.813. The zero-order valence-electron chi connectivity index (χ0n) is 11.5. The first-order valence-electron chi connectivity index (χ1n) is 6.70. The lowest BCUT2D eigenvalue weighted by Crippen LogP contribution is -2.19. The average molecular weight is 302 g/mol. The molecule has 0 N–H and O–H groups in total. The van der Waals surface area contributed by atoms with E-state index < -0.39 is 0 Å². The van der Waals surface area contributed by atoms with Gasteiger partial charge in [0.2, 0.25) is 0 Å². The minimum absolute atomic E-state index is 0.0498. The Morgan fingerprint density at radius 3 is 3.14 bits per heavy atom. The van der Waals surface area contributed by atoms with Crippen molar-refractivity contribution in [1.82, 2.24) is 9.59 Å². The molecular formula is C15H14N2O3S. The van der Waals surface area contributed by atoms with Crippen LogP contribution in [-0.4, -0.2) is 28.6 Å². The highest BCUT2D eigenvalue weighted by Crippen LogP contribution is 2.31. The van der Waals surface area contributed by atoms with Crippen molar-refractivity contribution in [3.05, 3.63) is 40.4 Å². The third-order valence-corrected chi connectivity index (χ3v) is 3.57. The first-order chi connectivity index (χ1) is 10.3. The van der Waals surface area contributed by atoms with Crippen LogP contribution in [0.25, 0.3) is 6.08 Å². The maximum Gasteiger partial charge on any atom is 0.196 e. The van der Waals surface area contributed by atoms with Crippen LogP contribution in [0, 0.1) is 0 Å². The van der Waals surface area contributed by atoms with Crippen molar-refractivity contribution in [2.45, 2.75) is 13.3 Å². The molecule has 0 spiro atoms. The largest absolute Gasteiger partial charge is 0.494 e. The second-order valence-corrected chi connectivity index (χ2v) is 5.23. The molecule has 108 valence electrons. The van der Waals surface area contributed by atoms with Crippen molar-refractivity contribution >= 4 is 23.4 Å². The molecule has 3 rings (SSSR count). The van der Waals surface area contributed by atoms with E-state index in [-0.39, 0.29) is 12.4 Å². The Hall–Kier alpha value is -2.21. The molecule has 0 amide bonds. The van der Waals surface area contributed by atoms with E-state index in [9.17, 15) is 4.79 Å². The van der Waals surface area contributed by atoms with Gasteiger partial charge in [-0.15, -0.1) is 5.10 Å². The Bertz CT molecular complexity index is 680. The highest BCUT2D eigenvalue weighted by molar-refractivity contribution is 7.03. The molecule has 0 unspecified atom stereocenters. The van der Waals surface area contributed by atoms with E-state index >= 15 is 0 Å². The molecule has 0 saturated carbocycles. The van der Waals surface area contributed by atoms with E-state index in [0.717, 1.165) is 6.42 Å². The molecule has 1 aromatic carbocycles. The van der Waals surface area contributed by atoms with E-state index in [1.807, 2.05) is 13.0 Å². The van der Waals surface area contributed by atoms with E-state index in [1.54, 1.807) is 23.6 Å². The molecule has 0 aliphatic carbocycles. The van der Waals surface area contributed by atoms with Gasteiger partial charge < -0.3 is 9.47 Å². The normalized spacial score (nSPS) is 15.7. The molecule has 2 aromatic rings. The lowest BCUT2D eigenvalue weighted by molar-refractivity contribution is 0.1000. The Kier molecular flexibility index (Phi) is 3.96. The van der Waals surface area contributed by atoms with Gasteiger partial charge >= 0.3 is 0 Å². The Morgan fingerprint density at radius 2 is 2.38 bits per heavy atom. The van der Waals surface area contributed by atoms with Gasteiger partial charge in [-0.3, -0.25) is 4.79 Å². The third kappa shape index (κ3) is 2.95. The number of rotatable bonds is 4. The molecule has 5 nitrogen and oxygen atoms in total. The highest BCUT2D eigenvalue weighted by atomic mass is 32.1. The summed E-state index contributed by atoms with van der Waals surface area (Å²) in [5.41, 5.74) is 1.78. The summed E-state index contributed by atoms with van der Waals surface area (Å²) in [4.78, 5) is 12.5. The molecule has 6 heteroatoms. The topological polar surface area (TPSA) is 61.3 Å². The van der Waals surface area contributed by atoms with Crippen LogP contribution in [-0.2, 0) is 0 Å². The van der Waals surface area contributed by atoms with Crippen LogP contribution in [0.15, 0.2) is 29.2 Å². The molecule has 21 heavy (non-hydrogen) atoms. The van der Waals surface area contributed by atoms with Crippen LogP contribution in [0.2, 0.25) is 0 Å². The Labute approximate surface area is 126 Å². The Morgan fingerprint density at radius 1 is 1.48 bits per heavy atom. The predicted molar refractivity (Wildman–Crippen MR) is 79.9 cm³/mol. The number of aromatic nitrogens is 2. The number of hydrogen-bond donors (Lipinski definition) is 0. The highest BCUT2D eigenvalue weighted by Gasteiger charge is 2.24. The summed E-state index contributed by atoms with van der Waals surface area (Å²) >= 11 is 1.25. The standard InChI is InChI=1S/C15H14N2O3S/c1-2-5-19-12-3-4-14-13(7-12)15(18)10(8-20-14)6-11-9-21-17-16-11/h3-4,6-7,9H,2,5,8H2,1H3/b10-6+. The van der Waals surface area contributed by atoms with E-state index in [4.69, 9.17) is 9.47 Å². The van der Waals surface area contributed by atoms with Gasteiger partial charge in [0.05, 0.1) is 17.9 Å². The number of ether oxygens (including phenoxy) is 2. The fourth-order valence-electron chi connectivity index (χ4n) is 2.04. The van der Waals surface area contributed by atoms with Crippen molar-refractivity contribution in [1.29, 1.82) is 0 Å². The summed E-state index contributed by atoms with van der Waals surface area (Å²) in [6, 6.07) is 5.33. The van der Waals surface area contributed by atoms with Crippen LogP contribution < -0.4 is 9.47 Å². The van der Waals surface area contributed by atoms with Crippen LogP contribution in [0.3, 0.4) is 0 Å². The minimum atomic E-state index is -0.0498. The maximum absolute atomic E-state index is 12.5. The maximum atomic E-state index is 12.5. The number of nitrogens with zero attached hydrogens (tertiary/aromatic N) is 2. The molecule has 1 aliphatic heterocycles. The molecule has 0 atom stereocenters. The zero-order valence-corrected chi connectivity index (χ0v) is 12.4. The summed E-state index contributed by atoms with van der Waals surface area (Å²) in [5, 5.41) is 5.71. The molecule has 0 bridgehead atoms. The number of carbonyl (C=O) groups is 1. The van der Waals surface area contributed by atoms with Gasteiger partial charge in [0, 0.05) is 11.0 Å². The van der Waals surface area contributed by atoms with Gasteiger partial charge in [-0.2, -0.15) is 0 Å². The van der Waals surface area contributed by atoms with Gasteiger partial charge in [-0.1, -0.05) is 11.4 Å². The number of Topliss-reactive ketones (excluding diaryl/α,β-unsaturated/α-hetero) is 1. The van der Waals surface area contributed by atoms with Gasteiger partial charge in [-0.25, -0.2) is 0 Å². The van der Waals surface area contributed by atoms with Crippen molar-refractivity contribution in [3.8, 4) is 11.5 Å². The van der Waals surface area contributed by atoms with Crippen molar-refractivity contribution in [2.75, 3.05) is 13.2 Å². The smallest absolute Gasteiger partial charge is 0.196 e. The monoisotopic (exact) mass is 302 g/mol. The van der Waals surface area contributed by atoms with Gasteiger partial charge in [0.15, 0.2) is 5.78 Å². The number of fused-ring (bicyclic) bond motifs is 1. The molecule has 1 aromatic heterocycles. The summed E-state index contributed by atoms with van der Waals surface area (Å²) < 4.78 is 15.0. The SMILES string of the molecule is CCCOc1ccc2c(c1)C(=O)/C(=C/c1csnn1)CO2. The van der Waals surface area contributed by atoms with Crippen LogP contribution in [0.5, 0.6) is 11.5 Å². The van der Waals surface area contributed by atoms with Crippen molar-refractivity contribution in [2.24, 2.45) is 0 Å². The van der Waals surface area contributed by atoms with Crippen LogP contribution in [0.4, 0.5) is 0 Å². The second kappa shape index (κ2) is 6.05. The average Bonchev–Trinajstić information content (AvgIpc) is 3.01. The number of hydrogen-bond acceptors (Lipinski definition) is 6. The molecule has 0 radical (unpaired) electrons. The third-order valence-electron chi connectivity index (χ3n) is 3.04. The Balaban J connectivity index is 1.89. The number of carbonyl (C=O) groups excluding carboxylic acids is 1. The van der Waals surface area contributed by atoms with Gasteiger partial charge in [0.25, 0.3) is 0 Å². The molecule has 0 saturated heterocycles.